The van der Waals surface area contributed by atoms with E-state index >= 15 is 0 Å². The van der Waals surface area contributed by atoms with Crippen LogP contribution in [0.4, 0.5) is 4.79 Å². The van der Waals surface area contributed by atoms with E-state index in [4.69, 9.17) is 10.5 Å². The van der Waals surface area contributed by atoms with Crippen LogP contribution in [0.15, 0.2) is 47.4 Å². The number of alkyl carbamates (subject to hydrolysis) is 1. The van der Waals surface area contributed by atoms with Crippen molar-refractivity contribution in [3.8, 4) is 11.1 Å². The number of nitrogens with one attached hydrogen (secondary N) is 2. The molecule has 2 aromatic rings. The van der Waals surface area contributed by atoms with Gasteiger partial charge in [-0.15, -0.1) is 0 Å². The summed E-state index contributed by atoms with van der Waals surface area (Å²) in [5, 5.41) is 5.58. The lowest BCUT2D eigenvalue weighted by Crippen LogP contribution is -2.63. The first kappa shape index (κ1) is 28.9. The van der Waals surface area contributed by atoms with Crippen molar-refractivity contribution in [1.82, 2.24) is 15.2 Å². The average molecular weight is 525 g/mol. The third-order valence-electron chi connectivity index (χ3n) is 6.75. The number of benzene rings is 1. The third-order valence-corrected chi connectivity index (χ3v) is 6.75. The Morgan fingerprint density at radius 2 is 1.61 bits per heavy atom. The van der Waals surface area contributed by atoms with Crippen LogP contribution in [0.1, 0.15) is 78.3 Å². The second-order valence-corrected chi connectivity index (χ2v) is 11.4. The monoisotopic (exact) mass is 524 g/mol. The van der Waals surface area contributed by atoms with Crippen molar-refractivity contribution in [2.75, 3.05) is 0 Å². The predicted molar refractivity (Wildman–Crippen MR) is 147 cm³/mol. The molecule has 1 heterocycles. The summed E-state index contributed by atoms with van der Waals surface area (Å²) in [5.74, 6) is -1.09. The highest BCUT2D eigenvalue weighted by Crippen LogP contribution is 2.29. The standard InChI is InChI=1S/C29H40N4O5/c1-19(2)33-18-22(13-14-24(33)34)21-11-9-20(10-12-21)17-23(25(30)35)31-26(36)29(15-7-6-8-16-29)32-27(37)38-28(3,4)5/h9-14,18-19,23H,6-8,15-17H2,1-5H3,(H2,30,35)(H,31,36)(H,32,37)/t23-/m0/s1. The normalized spacial score (nSPS) is 15.9. The van der Waals surface area contributed by atoms with Crippen molar-refractivity contribution in [3.05, 3.63) is 58.5 Å². The van der Waals surface area contributed by atoms with Gasteiger partial charge >= 0.3 is 6.09 Å². The van der Waals surface area contributed by atoms with Gasteiger partial charge in [-0.2, -0.15) is 0 Å². The molecule has 0 spiro atoms. The molecule has 1 aromatic heterocycles. The van der Waals surface area contributed by atoms with Gasteiger partial charge in [0.05, 0.1) is 0 Å². The number of amides is 3. The molecule has 38 heavy (non-hydrogen) atoms. The average Bonchev–Trinajstić information content (AvgIpc) is 2.83. The van der Waals surface area contributed by atoms with Crippen LogP contribution in [-0.4, -0.2) is 39.7 Å². The second-order valence-electron chi connectivity index (χ2n) is 11.4. The fourth-order valence-corrected chi connectivity index (χ4v) is 4.73. The van der Waals surface area contributed by atoms with Crippen molar-refractivity contribution in [1.29, 1.82) is 0 Å². The van der Waals surface area contributed by atoms with Gasteiger partial charge in [0.2, 0.25) is 11.8 Å². The SMILES string of the molecule is CC(C)n1cc(-c2ccc(C[C@H](NC(=O)C3(NC(=O)OC(C)(C)C)CCCCC3)C(N)=O)cc2)ccc1=O. The van der Waals surface area contributed by atoms with Gasteiger partial charge in [0.15, 0.2) is 0 Å². The molecule has 0 bridgehead atoms. The molecule has 9 nitrogen and oxygen atoms in total. The Labute approximate surface area is 224 Å². The Kier molecular flexibility index (Phi) is 9.01. The van der Waals surface area contributed by atoms with E-state index in [-0.39, 0.29) is 18.0 Å². The Morgan fingerprint density at radius 1 is 1.00 bits per heavy atom. The lowest BCUT2D eigenvalue weighted by atomic mass is 9.80. The molecule has 0 saturated heterocycles. The van der Waals surface area contributed by atoms with E-state index in [1.54, 1.807) is 37.5 Å². The molecule has 1 fully saturated rings. The Balaban J connectivity index is 1.75. The summed E-state index contributed by atoms with van der Waals surface area (Å²) < 4.78 is 7.07. The van der Waals surface area contributed by atoms with Crippen molar-refractivity contribution in [3.63, 3.8) is 0 Å². The van der Waals surface area contributed by atoms with Crippen molar-refractivity contribution in [2.24, 2.45) is 5.73 Å². The van der Waals surface area contributed by atoms with E-state index in [9.17, 15) is 19.2 Å². The number of primary amides is 1. The number of nitrogens with zero attached hydrogens (tertiary/aromatic N) is 1. The van der Waals surface area contributed by atoms with Gasteiger partial charge in [-0.25, -0.2) is 4.79 Å². The molecule has 1 aliphatic rings. The van der Waals surface area contributed by atoms with Crippen LogP contribution in [0.5, 0.6) is 0 Å². The molecule has 4 N–H and O–H groups in total. The maximum atomic E-state index is 13.5. The number of pyridine rings is 1. The summed E-state index contributed by atoms with van der Waals surface area (Å²) in [7, 11) is 0. The summed E-state index contributed by atoms with van der Waals surface area (Å²) in [6, 6.07) is 9.99. The number of carbonyl (C=O) groups is 3. The number of aromatic nitrogens is 1. The third kappa shape index (κ3) is 7.46. The lowest BCUT2D eigenvalue weighted by Gasteiger charge is -2.37. The number of hydrogen-bond donors (Lipinski definition) is 3. The van der Waals surface area contributed by atoms with Crippen LogP contribution >= 0.6 is 0 Å². The highest BCUT2D eigenvalue weighted by atomic mass is 16.6. The quantitative estimate of drug-likeness (QED) is 0.483. The van der Waals surface area contributed by atoms with Crippen molar-refractivity contribution >= 4 is 17.9 Å². The summed E-state index contributed by atoms with van der Waals surface area (Å²) in [6.07, 6.45) is 4.79. The van der Waals surface area contributed by atoms with Gasteiger partial charge in [0.1, 0.15) is 17.2 Å². The van der Waals surface area contributed by atoms with Gasteiger partial charge < -0.3 is 25.7 Å². The van der Waals surface area contributed by atoms with E-state index in [0.717, 1.165) is 36.0 Å². The van der Waals surface area contributed by atoms with Crippen LogP contribution in [0.25, 0.3) is 11.1 Å². The highest BCUT2D eigenvalue weighted by molar-refractivity contribution is 5.94. The summed E-state index contributed by atoms with van der Waals surface area (Å²) in [6.45, 7) is 9.18. The summed E-state index contributed by atoms with van der Waals surface area (Å²) in [4.78, 5) is 50.4. The van der Waals surface area contributed by atoms with Gasteiger partial charge in [-0.3, -0.25) is 14.4 Å². The Bertz CT molecular complexity index is 1200. The van der Waals surface area contributed by atoms with Crippen molar-refractivity contribution in [2.45, 2.75) is 96.4 Å². The number of carbonyl (C=O) groups excluding carboxylic acids is 3. The molecule has 9 heteroatoms. The largest absolute Gasteiger partial charge is 0.444 e. The Hall–Kier alpha value is -3.62. The number of ether oxygens (including phenoxy) is 1. The maximum absolute atomic E-state index is 13.5. The minimum absolute atomic E-state index is 0.0407. The van der Waals surface area contributed by atoms with E-state index in [0.29, 0.717) is 12.8 Å². The van der Waals surface area contributed by atoms with Gasteiger partial charge in [-0.05, 0) is 70.2 Å². The lowest BCUT2D eigenvalue weighted by molar-refractivity contribution is -0.133. The minimum Gasteiger partial charge on any atom is -0.444 e. The maximum Gasteiger partial charge on any atom is 0.408 e. The van der Waals surface area contributed by atoms with Crippen LogP contribution < -0.4 is 21.9 Å². The molecule has 1 aliphatic carbocycles. The molecule has 206 valence electrons. The van der Waals surface area contributed by atoms with Gasteiger partial charge in [-0.1, -0.05) is 43.5 Å². The zero-order chi connectivity index (χ0) is 28.1. The molecular weight excluding hydrogens is 484 g/mol. The van der Waals surface area contributed by atoms with Crippen LogP contribution in [0.2, 0.25) is 0 Å². The number of rotatable bonds is 8. The summed E-state index contributed by atoms with van der Waals surface area (Å²) >= 11 is 0. The zero-order valence-corrected chi connectivity index (χ0v) is 23.0. The number of hydrogen-bond acceptors (Lipinski definition) is 5. The van der Waals surface area contributed by atoms with Gasteiger partial charge in [0.25, 0.3) is 5.56 Å². The van der Waals surface area contributed by atoms with Crippen LogP contribution in [0.3, 0.4) is 0 Å². The first-order valence-electron chi connectivity index (χ1n) is 13.2. The van der Waals surface area contributed by atoms with Crippen LogP contribution in [-0.2, 0) is 20.7 Å². The molecule has 3 amide bonds. The smallest absolute Gasteiger partial charge is 0.408 e. The van der Waals surface area contributed by atoms with Crippen molar-refractivity contribution < 1.29 is 19.1 Å². The first-order valence-corrected chi connectivity index (χ1v) is 13.2. The number of nitrogens with two attached hydrogens (primary N) is 1. The molecule has 1 aromatic carbocycles. The first-order chi connectivity index (χ1) is 17.8. The van der Waals surface area contributed by atoms with Crippen LogP contribution in [0, 0.1) is 0 Å². The van der Waals surface area contributed by atoms with E-state index in [1.165, 1.54) is 0 Å². The molecular formula is C29H40N4O5. The predicted octanol–water partition coefficient (Wildman–Crippen LogP) is 3.84. The second kappa shape index (κ2) is 11.8. The molecule has 0 unspecified atom stereocenters. The molecule has 3 rings (SSSR count). The van der Waals surface area contributed by atoms with E-state index < -0.39 is 35.1 Å². The zero-order valence-electron chi connectivity index (χ0n) is 23.0. The molecule has 0 aliphatic heterocycles. The fourth-order valence-electron chi connectivity index (χ4n) is 4.73. The minimum atomic E-state index is -1.16. The molecule has 0 radical (unpaired) electrons. The molecule has 1 atom stereocenters. The molecule has 1 saturated carbocycles. The van der Waals surface area contributed by atoms with E-state index in [1.807, 2.05) is 44.3 Å². The topological polar surface area (TPSA) is 133 Å². The fraction of sp³-hybridized carbons (Fsp3) is 0.517. The summed E-state index contributed by atoms with van der Waals surface area (Å²) in [5.41, 5.74) is 6.39. The highest BCUT2D eigenvalue weighted by Gasteiger charge is 2.43. The Morgan fingerprint density at radius 3 is 2.16 bits per heavy atom. The van der Waals surface area contributed by atoms with Gasteiger partial charge in [0, 0.05) is 24.7 Å². The van der Waals surface area contributed by atoms with E-state index in [2.05, 4.69) is 10.6 Å².